The molecule has 10 heteroatoms. The maximum absolute atomic E-state index is 12.4. The van der Waals surface area contributed by atoms with Gasteiger partial charge in [0.1, 0.15) is 5.69 Å². The molecule has 1 atom stereocenters. The summed E-state index contributed by atoms with van der Waals surface area (Å²) in [6, 6.07) is 13.6. The quantitative estimate of drug-likeness (QED) is 0.382. The van der Waals surface area contributed by atoms with Crippen LogP contribution in [0.5, 0.6) is 0 Å². The number of rotatable bonds is 7. The molecule has 170 valence electrons. The van der Waals surface area contributed by atoms with Gasteiger partial charge < -0.3 is 20.3 Å². The zero-order valence-corrected chi connectivity index (χ0v) is 18.1. The van der Waals surface area contributed by atoms with Crippen molar-refractivity contribution in [1.82, 2.24) is 10.2 Å². The largest absolute Gasteiger partial charge is 0.379 e. The molecule has 1 saturated heterocycles. The molecular weight excluding hydrogens is 414 g/mol. The average molecular weight is 441 g/mol. The molecule has 0 radical (unpaired) electrons. The standard InChI is InChI=1S/C22H27N5O5/c1-25(2)17-9-7-16(8-10-17)20(26-11-13-32-14-12-26)15-23-21(28)22(29)24-18-5-3-4-6-19(18)27(30)31/h3-10,20H,11-15H2,1-2H3,(H,23,28)(H,24,29)/t20-/m1/s1. The van der Waals surface area contributed by atoms with E-state index in [1.807, 2.05) is 43.3 Å². The van der Waals surface area contributed by atoms with Crippen molar-refractivity contribution in [3.63, 3.8) is 0 Å². The van der Waals surface area contributed by atoms with Crippen LogP contribution in [0, 0.1) is 10.1 Å². The van der Waals surface area contributed by atoms with Gasteiger partial charge in [0.25, 0.3) is 5.69 Å². The first-order valence-corrected chi connectivity index (χ1v) is 10.3. The molecule has 1 aliphatic rings. The zero-order valence-electron chi connectivity index (χ0n) is 18.1. The van der Waals surface area contributed by atoms with Crippen LogP contribution in [0.3, 0.4) is 0 Å². The number of para-hydroxylation sites is 2. The van der Waals surface area contributed by atoms with Crippen molar-refractivity contribution in [1.29, 1.82) is 0 Å². The third-order valence-electron chi connectivity index (χ3n) is 5.29. The van der Waals surface area contributed by atoms with Crippen LogP contribution in [-0.2, 0) is 14.3 Å². The first-order valence-electron chi connectivity index (χ1n) is 10.3. The number of nitrogens with one attached hydrogen (secondary N) is 2. The summed E-state index contributed by atoms with van der Waals surface area (Å²) in [7, 11) is 3.93. The summed E-state index contributed by atoms with van der Waals surface area (Å²) in [6.07, 6.45) is 0. The van der Waals surface area contributed by atoms with E-state index in [4.69, 9.17) is 4.74 Å². The Morgan fingerprint density at radius 3 is 2.38 bits per heavy atom. The van der Waals surface area contributed by atoms with Crippen molar-refractivity contribution in [2.24, 2.45) is 0 Å². The maximum Gasteiger partial charge on any atom is 0.313 e. The Morgan fingerprint density at radius 1 is 1.09 bits per heavy atom. The number of nitro benzene ring substituents is 1. The van der Waals surface area contributed by atoms with E-state index in [1.54, 1.807) is 6.07 Å². The van der Waals surface area contributed by atoms with Gasteiger partial charge in [0.05, 0.1) is 24.2 Å². The molecule has 0 spiro atoms. The normalized spacial score (nSPS) is 14.9. The highest BCUT2D eigenvalue weighted by atomic mass is 16.6. The molecular formula is C22H27N5O5. The second-order valence-electron chi connectivity index (χ2n) is 7.59. The minimum atomic E-state index is -0.956. The highest BCUT2D eigenvalue weighted by molar-refractivity contribution is 6.39. The van der Waals surface area contributed by atoms with Crippen molar-refractivity contribution in [2.45, 2.75) is 6.04 Å². The SMILES string of the molecule is CN(C)c1ccc([C@@H](CNC(=O)C(=O)Nc2ccccc2[N+](=O)[O-])N2CCOCC2)cc1. The van der Waals surface area contributed by atoms with Gasteiger partial charge in [-0.25, -0.2) is 0 Å². The lowest BCUT2D eigenvalue weighted by atomic mass is 10.0. The third-order valence-corrected chi connectivity index (χ3v) is 5.29. The van der Waals surface area contributed by atoms with E-state index in [-0.39, 0.29) is 24.0 Å². The first-order chi connectivity index (χ1) is 15.4. The molecule has 2 aromatic carbocycles. The Hall–Kier alpha value is -3.50. The van der Waals surface area contributed by atoms with Gasteiger partial charge in [-0.2, -0.15) is 0 Å². The van der Waals surface area contributed by atoms with Crippen LogP contribution >= 0.6 is 0 Å². The van der Waals surface area contributed by atoms with Crippen LogP contribution in [0.1, 0.15) is 11.6 Å². The predicted molar refractivity (Wildman–Crippen MR) is 121 cm³/mol. The van der Waals surface area contributed by atoms with Crippen LogP contribution < -0.4 is 15.5 Å². The summed E-state index contributed by atoms with van der Waals surface area (Å²) in [5.74, 6) is -1.81. The van der Waals surface area contributed by atoms with E-state index in [0.29, 0.717) is 26.3 Å². The van der Waals surface area contributed by atoms with E-state index in [2.05, 4.69) is 15.5 Å². The van der Waals surface area contributed by atoms with Crippen LogP contribution in [0.4, 0.5) is 17.1 Å². The fourth-order valence-electron chi connectivity index (χ4n) is 3.53. The predicted octanol–water partition coefficient (Wildman–Crippen LogP) is 1.79. The Balaban J connectivity index is 1.69. The second-order valence-corrected chi connectivity index (χ2v) is 7.59. The smallest absolute Gasteiger partial charge is 0.313 e. The number of nitro groups is 1. The van der Waals surface area contributed by atoms with E-state index in [0.717, 1.165) is 11.3 Å². The number of hydrogen-bond donors (Lipinski definition) is 2. The van der Waals surface area contributed by atoms with Crippen LogP contribution in [0.15, 0.2) is 48.5 Å². The van der Waals surface area contributed by atoms with Gasteiger partial charge in [0, 0.05) is 45.5 Å². The number of ether oxygens (including phenoxy) is 1. The summed E-state index contributed by atoms with van der Waals surface area (Å²) in [6.45, 7) is 2.82. The lowest BCUT2D eigenvalue weighted by molar-refractivity contribution is -0.383. The van der Waals surface area contributed by atoms with Crippen molar-refractivity contribution >= 4 is 28.9 Å². The van der Waals surface area contributed by atoms with E-state index >= 15 is 0 Å². The minimum absolute atomic E-state index is 0.0262. The van der Waals surface area contributed by atoms with Crippen molar-refractivity contribution in [3.8, 4) is 0 Å². The lowest BCUT2D eigenvalue weighted by Crippen LogP contribution is -2.45. The highest BCUT2D eigenvalue weighted by Crippen LogP contribution is 2.25. The van der Waals surface area contributed by atoms with Gasteiger partial charge in [0.2, 0.25) is 0 Å². The second kappa shape index (κ2) is 10.7. The summed E-state index contributed by atoms with van der Waals surface area (Å²) in [4.78, 5) is 39.5. The molecule has 32 heavy (non-hydrogen) atoms. The van der Waals surface area contributed by atoms with Gasteiger partial charge in [0.15, 0.2) is 0 Å². The topological polar surface area (TPSA) is 117 Å². The zero-order chi connectivity index (χ0) is 23.1. The average Bonchev–Trinajstić information content (AvgIpc) is 2.80. The van der Waals surface area contributed by atoms with Crippen molar-refractivity contribution in [2.75, 3.05) is 57.2 Å². The molecule has 3 rings (SSSR count). The third kappa shape index (κ3) is 5.80. The number of hydrogen-bond acceptors (Lipinski definition) is 7. The van der Waals surface area contributed by atoms with E-state index < -0.39 is 16.7 Å². The highest BCUT2D eigenvalue weighted by Gasteiger charge is 2.25. The van der Waals surface area contributed by atoms with Gasteiger partial charge >= 0.3 is 11.8 Å². The molecule has 2 aromatic rings. The van der Waals surface area contributed by atoms with Gasteiger partial charge in [-0.15, -0.1) is 0 Å². The summed E-state index contributed by atoms with van der Waals surface area (Å²) in [5.41, 5.74) is 1.77. The summed E-state index contributed by atoms with van der Waals surface area (Å²) >= 11 is 0. The fourth-order valence-corrected chi connectivity index (χ4v) is 3.53. The Kier molecular flexibility index (Phi) is 7.74. The number of amides is 2. The van der Waals surface area contributed by atoms with Crippen LogP contribution in [0.25, 0.3) is 0 Å². The minimum Gasteiger partial charge on any atom is -0.379 e. The molecule has 0 bridgehead atoms. The number of carbonyl (C=O) groups is 2. The molecule has 1 fully saturated rings. The molecule has 2 amide bonds. The number of morpholine rings is 1. The lowest BCUT2D eigenvalue weighted by Gasteiger charge is -2.35. The molecule has 2 N–H and O–H groups in total. The van der Waals surface area contributed by atoms with Crippen molar-refractivity contribution < 1.29 is 19.2 Å². The molecule has 10 nitrogen and oxygen atoms in total. The maximum atomic E-state index is 12.4. The molecule has 1 heterocycles. The Bertz CT molecular complexity index is 957. The number of nitrogens with zero attached hydrogens (tertiary/aromatic N) is 3. The Labute approximate surface area is 186 Å². The fraction of sp³-hybridized carbons (Fsp3) is 0.364. The number of anilines is 2. The monoisotopic (exact) mass is 441 g/mol. The van der Waals surface area contributed by atoms with E-state index in [1.165, 1.54) is 18.2 Å². The molecule has 1 aliphatic heterocycles. The number of benzene rings is 2. The van der Waals surface area contributed by atoms with Gasteiger partial charge in [-0.05, 0) is 23.8 Å². The summed E-state index contributed by atoms with van der Waals surface area (Å²) < 4.78 is 5.44. The first kappa shape index (κ1) is 23.2. The molecule has 0 aromatic heterocycles. The molecule has 0 aliphatic carbocycles. The van der Waals surface area contributed by atoms with Crippen LogP contribution in [0.2, 0.25) is 0 Å². The Morgan fingerprint density at radius 2 is 1.75 bits per heavy atom. The molecule has 0 saturated carbocycles. The van der Waals surface area contributed by atoms with Crippen molar-refractivity contribution in [3.05, 3.63) is 64.2 Å². The number of carbonyl (C=O) groups excluding carboxylic acids is 2. The van der Waals surface area contributed by atoms with E-state index in [9.17, 15) is 19.7 Å². The van der Waals surface area contributed by atoms with Gasteiger partial charge in [-0.3, -0.25) is 24.6 Å². The van der Waals surface area contributed by atoms with Crippen LogP contribution in [-0.4, -0.2) is 68.6 Å². The summed E-state index contributed by atoms with van der Waals surface area (Å²) in [5, 5.41) is 16.1. The molecule has 0 unspecified atom stereocenters. The van der Waals surface area contributed by atoms with Gasteiger partial charge in [-0.1, -0.05) is 24.3 Å².